The van der Waals surface area contributed by atoms with E-state index in [0.717, 1.165) is 44.9 Å². The number of fused-ring (bicyclic) bond motifs is 5. The maximum atomic E-state index is 11.4. The van der Waals surface area contributed by atoms with Gasteiger partial charge in [-0.2, -0.15) is 0 Å². The monoisotopic (exact) mass is 432 g/mol. The van der Waals surface area contributed by atoms with Crippen LogP contribution in [0.1, 0.15) is 86.0 Å². The van der Waals surface area contributed by atoms with Gasteiger partial charge >= 0.3 is 11.9 Å². The Kier molecular flexibility index (Phi) is 5.81. The highest BCUT2D eigenvalue weighted by Crippen LogP contribution is 2.67. The maximum absolute atomic E-state index is 11.4. The van der Waals surface area contributed by atoms with Crippen LogP contribution in [0.5, 0.6) is 0 Å². The first-order chi connectivity index (χ1) is 14.5. The largest absolute Gasteiger partial charge is 0.463 e. The normalized spacial score (nSPS) is 43.5. The van der Waals surface area contributed by atoms with Crippen molar-refractivity contribution in [2.24, 2.45) is 34.5 Å². The number of hydrogen-bond donors (Lipinski definition) is 1. The summed E-state index contributed by atoms with van der Waals surface area (Å²) in [7, 11) is 0. The highest BCUT2D eigenvalue weighted by atomic mass is 16.5. The molecule has 3 saturated carbocycles. The second-order valence-electron chi connectivity index (χ2n) is 11.5. The average molecular weight is 433 g/mol. The van der Waals surface area contributed by atoms with Crippen LogP contribution in [0.4, 0.5) is 0 Å². The highest BCUT2D eigenvalue weighted by molar-refractivity contribution is 5.66. The lowest BCUT2D eigenvalue weighted by Gasteiger charge is -2.58. The molecule has 4 aliphatic rings. The lowest BCUT2D eigenvalue weighted by atomic mass is 9.47. The summed E-state index contributed by atoms with van der Waals surface area (Å²) in [5, 5.41) is 11.3. The Morgan fingerprint density at radius 3 is 2.52 bits per heavy atom. The van der Waals surface area contributed by atoms with E-state index in [4.69, 9.17) is 9.47 Å². The van der Waals surface area contributed by atoms with Crippen molar-refractivity contribution in [1.82, 2.24) is 0 Å². The third-order valence-electron chi connectivity index (χ3n) is 9.71. The lowest BCUT2D eigenvalue weighted by molar-refractivity contribution is -0.159. The molecule has 0 unspecified atom stereocenters. The molecule has 4 rings (SSSR count). The number of allylic oxidation sites excluding steroid dienone is 1. The SMILES string of the molecule is CC(=O)OC[C@](C)(O)[C@H]1CC[C@H]2[C@H]3CC=C4C[C@@H](OC(C)=O)CC[C@]4(C)[C@H]3CC[C@@]21C. The van der Waals surface area contributed by atoms with Crippen molar-refractivity contribution in [3.05, 3.63) is 11.6 Å². The van der Waals surface area contributed by atoms with Crippen LogP contribution in [-0.2, 0) is 19.1 Å². The van der Waals surface area contributed by atoms with Crippen LogP contribution < -0.4 is 0 Å². The molecule has 8 atom stereocenters. The van der Waals surface area contributed by atoms with E-state index < -0.39 is 5.60 Å². The summed E-state index contributed by atoms with van der Waals surface area (Å²) in [6.07, 6.45) is 11.0. The molecule has 0 aliphatic heterocycles. The molecule has 0 saturated heterocycles. The Labute approximate surface area is 186 Å². The van der Waals surface area contributed by atoms with Crippen molar-refractivity contribution >= 4 is 11.9 Å². The van der Waals surface area contributed by atoms with E-state index in [-0.39, 0.29) is 41.4 Å². The Morgan fingerprint density at radius 2 is 1.84 bits per heavy atom. The van der Waals surface area contributed by atoms with Crippen molar-refractivity contribution in [2.45, 2.75) is 97.7 Å². The zero-order valence-corrected chi connectivity index (χ0v) is 19.9. The summed E-state index contributed by atoms with van der Waals surface area (Å²) >= 11 is 0. The molecule has 31 heavy (non-hydrogen) atoms. The number of aliphatic hydroxyl groups is 1. The Hall–Kier alpha value is -1.36. The van der Waals surface area contributed by atoms with E-state index in [1.807, 2.05) is 6.92 Å². The molecule has 0 aromatic carbocycles. The molecule has 3 fully saturated rings. The van der Waals surface area contributed by atoms with Gasteiger partial charge in [-0.05, 0) is 86.4 Å². The number of ether oxygens (including phenoxy) is 2. The molecule has 5 nitrogen and oxygen atoms in total. The molecule has 1 N–H and O–H groups in total. The summed E-state index contributed by atoms with van der Waals surface area (Å²) in [5.41, 5.74) is 0.816. The van der Waals surface area contributed by atoms with Crippen molar-refractivity contribution in [2.75, 3.05) is 6.61 Å². The van der Waals surface area contributed by atoms with Gasteiger partial charge in [-0.15, -0.1) is 0 Å². The van der Waals surface area contributed by atoms with Gasteiger partial charge < -0.3 is 14.6 Å². The molecule has 0 aromatic rings. The summed E-state index contributed by atoms with van der Waals surface area (Å²) in [5.74, 6) is 1.57. The number of rotatable bonds is 4. The highest BCUT2D eigenvalue weighted by Gasteiger charge is 2.61. The van der Waals surface area contributed by atoms with Crippen molar-refractivity contribution in [1.29, 1.82) is 0 Å². The number of esters is 2. The molecule has 174 valence electrons. The maximum Gasteiger partial charge on any atom is 0.302 e. The van der Waals surface area contributed by atoms with Gasteiger partial charge in [-0.3, -0.25) is 9.59 Å². The lowest BCUT2D eigenvalue weighted by Crippen LogP contribution is -2.54. The van der Waals surface area contributed by atoms with E-state index in [2.05, 4.69) is 19.9 Å². The minimum atomic E-state index is -0.982. The predicted molar refractivity (Wildman–Crippen MR) is 118 cm³/mol. The standard InChI is InChI=1S/C26H40O5/c1-16(27)30-15-26(5,29)23-9-8-21-20-7-6-18-14-19(31-17(2)28)10-12-24(18,3)22(20)11-13-25(21,23)4/h6,19-23,29H,7-15H2,1-5H3/t19-,20+,21-,22-,23-,24-,25-,26-/m0/s1. The van der Waals surface area contributed by atoms with E-state index in [1.165, 1.54) is 25.8 Å². The summed E-state index contributed by atoms with van der Waals surface area (Å²) in [4.78, 5) is 22.8. The van der Waals surface area contributed by atoms with Gasteiger partial charge in [-0.25, -0.2) is 0 Å². The fourth-order valence-electron chi connectivity index (χ4n) is 8.33. The third-order valence-corrected chi connectivity index (χ3v) is 9.71. The first-order valence-corrected chi connectivity index (χ1v) is 12.2. The quantitative estimate of drug-likeness (QED) is 0.510. The number of hydrogen-bond acceptors (Lipinski definition) is 5. The smallest absolute Gasteiger partial charge is 0.302 e. The Balaban J connectivity index is 1.54. The van der Waals surface area contributed by atoms with Crippen LogP contribution >= 0.6 is 0 Å². The van der Waals surface area contributed by atoms with Crippen LogP contribution in [0.3, 0.4) is 0 Å². The predicted octanol–water partition coefficient (Wildman–Crippen LogP) is 4.81. The molecule has 0 heterocycles. The van der Waals surface area contributed by atoms with E-state index >= 15 is 0 Å². The van der Waals surface area contributed by atoms with E-state index in [9.17, 15) is 14.7 Å². The molecule has 4 aliphatic carbocycles. The number of carbonyl (C=O) groups excluding carboxylic acids is 2. The number of carbonyl (C=O) groups is 2. The molecule has 0 amide bonds. The van der Waals surface area contributed by atoms with Crippen LogP contribution in [-0.4, -0.2) is 35.4 Å². The first kappa shape index (κ1) is 22.8. The summed E-state index contributed by atoms with van der Waals surface area (Å²) in [6.45, 7) is 9.69. The van der Waals surface area contributed by atoms with Crippen molar-refractivity contribution in [3.8, 4) is 0 Å². The molecule has 0 radical (unpaired) electrons. The van der Waals surface area contributed by atoms with Gasteiger partial charge in [0.05, 0.1) is 5.60 Å². The minimum absolute atomic E-state index is 0.0365. The molecule has 5 heteroatoms. The van der Waals surface area contributed by atoms with Gasteiger partial charge in [0.1, 0.15) is 12.7 Å². The van der Waals surface area contributed by atoms with Crippen molar-refractivity contribution < 1.29 is 24.2 Å². The van der Waals surface area contributed by atoms with Gasteiger partial charge in [-0.1, -0.05) is 25.5 Å². The van der Waals surface area contributed by atoms with Crippen LogP contribution in [0.2, 0.25) is 0 Å². The Bertz CT molecular complexity index is 770. The van der Waals surface area contributed by atoms with Gasteiger partial charge in [0.15, 0.2) is 0 Å². The zero-order chi connectivity index (χ0) is 22.6. The van der Waals surface area contributed by atoms with Crippen LogP contribution in [0.15, 0.2) is 11.6 Å². The van der Waals surface area contributed by atoms with Gasteiger partial charge in [0.25, 0.3) is 0 Å². The molecule has 0 aromatic heterocycles. The topological polar surface area (TPSA) is 72.8 Å². The van der Waals surface area contributed by atoms with Gasteiger partial charge in [0, 0.05) is 20.3 Å². The van der Waals surface area contributed by atoms with E-state index in [1.54, 1.807) is 0 Å². The van der Waals surface area contributed by atoms with Crippen LogP contribution in [0.25, 0.3) is 0 Å². The third kappa shape index (κ3) is 3.85. The zero-order valence-electron chi connectivity index (χ0n) is 19.9. The Morgan fingerprint density at radius 1 is 1.10 bits per heavy atom. The first-order valence-electron chi connectivity index (χ1n) is 12.2. The van der Waals surface area contributed by atoms with Crippen LogP contribution in [0, 0.1) is 34.5 Å². The van der Waals surface area contributed by atoms with Crippen molar-refractivity contribution in [3.63, 3.8) is 0 Å². The summed E-state index contributed by atoms with van der Waals surface area (Å²) in [6, 6.07) is 0. The summed E-state index contributed by atoms with van der Waals surface area (Å²) < 4.78 is 10.8. The second kappa shape index (κ2) is 7.90. The second-order valence-corrected chi connectivity index (χ2v) is 11.5. The molecule has 0 spiro atoms. The minimum Gasteiger partial charge on any atom is -0.463 e. The fraction of sp³-hybridized carbons (Fsp3) is 0.846. The molecular weight excluding hydrogens is 392 g/mol. The van der Waals surface area contributed by atoms with E-state index in [0.29, 0.717) is 17.8 Å². The average Bonchev–Trinajstić information content (AvgIpc) is 3.04. The van der Waals surface area contributed by atoms with Gasteiger partial charge in [0.2, 0.25) is 0 Å². The molecule has 0 bridgehead atoms. The molecular formula is C26H40O5. The fourth-order valence-corrected chi connectivity index (χ4v) is 8.33.